The van der Waals surface area contributed by atoms with Crippen LogP contribution in [0.5, 0.6) is 17.2 Å². The lowest BCUT2D eigenvalue weighted by molar-refractivity contribution is 0.0603. The maximum absolute atomic E-state index is 16.3. The lowest BCUT2D eigenvalue weighted by Crippen LogP contribution is -2.44. The number of carbonyl (C=O) groups is 3. The van der Waals surface area contributed by atoms with Gasteiger partial charge in [0.15, 0.2) is 15.7 Å². The predicted molar refractivity (Wildman–Crippen MR) is 276 cm³/mol. The van der Waals surface area contributed by atoms with Gasteiger partial charge in [0.25, 0.3) is 11.8 Å². The number of aromatic nitrogens is 6. The number of nitrogen functional groups attached to an aromatic ring is 1. The van der Waals surface area contributed by atoms with Gasteiger partial charge in [0.1, 0.15) is 17.2 Å². The van der Waals surface area contributed by atoms with E-state index in [1.165, 1.54) is 41.5 Å². The highest BCUT2D eigenvalue weighted by atomic mass is 32.2. The van der Waals surface area contributed by atoms with E-state index in [0.717, 1.165) is 15.4 Å². The van der Waals surface area contributed by atoms with Crippen molar-refractivity contribution in [3.8, 4) is 39.8 Å². The highest BCUT2D eigenvalue weighted by molar-refractivity contribution is 7.92. The number of imidazole rings is 1. The molecule has 384 valence electrons. The number of imide groups is 1. The van der Waals surface area contributed by atoms with Crippen molar-refractivity contribution < 1.29 is 46.7 Å². The molecule has 10 rings (SSSR count). The van der Waals surface area contributed by atoms with Gasteiger partial charge in [-0.05, 0) is 101 Å². The van der Waals surface area contributed by atoms with Crippen molar-refractivity contribution in [2.24, 2.45) is 0 Å². The molecule has 1 saturated heterocycles. The summed E-state index contributed by atoms with van der Waals surface area (Å²) in [5.41, 5.74) is 10.2. The quantitative estimate of drug-likeness (QED) is 0.0570. The Morgan fingerprint density at radius 3 is 1.95 bits per heavy atom. The SMILES string of the molecule is COc1ccc(CN(Cc2ccc(OC)cc2)S(=O)(=O)c2c([S+]([O-])N[C@@H]3C[C@@H](CN4C(=O)c5ccccc5C4=O)N(C(=O)O)C3)ccc(-c3cccc4[nH]c(N)nc34)c2-c2nnn(Cc3ccc(OC)cc3)n2)cc1. The Labute approximate surface area is 433 Å². The Bertz CT molecular complexity index is 3470. The molecule has 0 radical (unpaired) electrons. The Kier molecular flexibility index (Phi) is 14.0. The first kappa shape index (κ1) is 50.2. The van der Waals surface area contributed by atoms with E-state index in [2.05, 4.69) is 25.0 Å². The molecule has 8 aromatic rings. The van der Waals surface area contributed by atoms with E-state index in [1.54, 1.807) is 104 Å². The first-order chi connectivity index (χ1) is 36.2. The molecule has 3 amide bonds. The number of anilines is 1. The molecule has 1 fully saturated rings. The third-order valence-corrected chi connectivity index (χ3v) is 16.4. The largest absolute Gasteiger partial charge is 0.593 e. The Morgan fingerprint density at radius 1 is 0.800 bits per heavy atom. The monoisotopic (exact) mass is 1050 g/mol. The molecule has 0 aliphatic carbocycles. The molecule has 2 aliphatic heterocycles. The number of carboxylic acid groups (broad SMARTS) is 1. The molecule has 0 spiro atoms. The summed E-state index contributed by atoms with van der Waals surface area (Å²) in [6.45, 7) is -0.722. The standard InChI is InChI=1S/C52H49N11O10S2/c1-71-36-17-11-31(12-18-36)26-60(27-32-13-19-37(72-2)20-14-32)75(69,70)47-44(74(68)58-34-25-35(61(29-34)52(66)67)30-62-49(64)41-7-4-5-8-42(41)50(62)65)24-23-39(40-9-6-10-43-46(40)55-51(53)54-43)45(47)48-56-59-63(57-48)28-33-15-21-38(73-3)22-16-33/h4-24,34-35,58H,25-30H2,1-3H3,(H,66,67)(H3,53,54,55)/t34-,35+,74?/m1/s1. The van der Waals surface area contributed by atoms with Crippen LogP contribution in [0.2, 0.25) is 0 Å². The van der Waals surface area contributed by atoms with Crippen LogP contribution in [0.15, 0.2) is 137 Å². The number of fused-ring (bicyclic) bond motifs is 2. The van der Waals surface area contributed by atoms with Crippen LogP contribution in [0.25, 0.3) is 33.5 Å². The number of benzene rings is 6. The molecule has 4 heterocycles. The number of hydrogen-bond acceptors (Lipinski definition) is 15. The summed E-state index contributed by atoms with van der Waals surface area (Å²) >= 11 is -2.44. The number of nitrogens with two attached hydrogens (primary N) is 1. The molecule has 21 nitrogen and oxygen atoms in total. The van der Waals surface area contributed by atoms with Crippen LogP contribution < -0.4 is 24.7 Å². The summed E-state index contributed by atoms with van der Waals surface area (Å²) in [5.74, 6) is 0.606. The molecule has 23 heteroatoms. The van der Waals surface area contributed by atoms with E-state index in [1.807, 2.05) is 12.1 Å². The van der Waals surface area contributed by atoms with E-state index in [-0.39, 0.29) is 78.1 Å². The number of H-pyrrole nitrogens is 1. The van der Waals surface area contributed by atoms with Gasteiger partial charge in [-0.1, -0.05) is 60.7 Å². The average Bonchev–Trinajstić information content (AvgIpc) is 4.22. The third kappa shape index (κ3) is 10.1. The van der Waals surface area contributed by atoms with Crippen molar-refractivity contribution in [2.45, 2.75) is 47.9 Å². The van der Waals surface area contributed by atoms with E-state index in [4.69, 9.17) is 25.0 Å². The van der Waals surface area contributed by atoms with Crippen LogP contribution in [-0.4, -0.2) is 127 Å². The smallest absolute Gasteiger partial charge is 0.407 e. The molecule has 2 aliphatic rings. The fraction of sp³-hybridized carbons (Fsp3) is 0.212. The minimum atomic E-state index is -4.87. The van der Waals surface area contributed by atoms with Gasteiger partial charge in [-0.3, -0.25) is 14.5 Å². The van der Waals surface area contributed by atoms with Crippen LogP contribution in [0.4, 0.5) is 10.7 Å². The topological polar surface area (TPSA) is 276 Å². The Balaban J connectivity index is 1.12. The number of methoxy groups -OCH3 is 3. The van der Waals surface area contributed by atoms with Crippen molar-refractivity contribution in [3.05, 3.63) is 155 Å². The van der Waals surface area contributed by atoms with E-state index < -0.39 is 56.3 Å². The fourth-order valence-electron chi connectivity index (χ4n) is 9.45. The van der Waals surface area contributed by atoms with E-state index in [9.17, 15) is 19.5 Å². The summed E-state index contributed by atoms with van der Waals surface area (Å²) in [4.78, 5) is 50.0. The van der Waals surface area contributed by atoms with Gasteiger partial charge in [0, 0.05) is 31.7 Å². The fourth-order valence-corrected chi connectivity index (χ4v) is 12.7. The zero-order valence-corrected chi connectivity index (χ0v) is 42.2. The number of rotatable bonds is 18. The maximum atomic E-state index is 16.3. The number of para-hydroxylation sites is 1. The first-order valence-electron chi connectivity index (χ1n) is 23.4. The van der Waals surface area contributed by atoms with Gasteiger partial charge in [-0.25, -0.2) is 18.2 Å². The lowest BCUT2D eigenvalue weighted by Gasteiger charge is -2.26. The van der Waals surface area contributed by atoms with Gasteiger partial charge in [-0.15, -0.1) is 14.9 Å². The van der Waals surface area contributed by atoms with Gasteiger partial charge in [-0.2, -0.15) is 9.10 Å². The second kappa shape index (κ2) is 20.9. The molecule has 6 aromatic carbocycles. The maximum Gasteiger partial charge on any atom is 0.407 e. The molecule has 75 heavy (non-hydrogen) atoms. The van der Waals surface area contributed by atoms with Gasteiger partial charge >= 0.3 is 6.09 Å². The second-order valence-electron chi connectivity index (χ2n) is 17.8. The number of nitrogens with one attached hydrogen (secondary N) is 2. The molecule has 0 saturated carbocycles. The summed E-state index contributed by atoms with van der Waals surface area (Å²) in [7, 11) is -0.263. The summed E-state index contributed by atoms with van der Waals surface area (Å²) in [6, 6.07) is 34.0. The first-order valence-corrected chi connectivity index (χ1v) is 26.0. The molecule has 0 bridgehead atoms. The number of carbonyl (C=O) groups excluding carboxylic acids is 2. The van der Waals surface area contributed by atoms with Crippen molar-refractivity contribution in [1.29, 1.82) is 0 Å². The number of tetrazole rings is 1. The second-order valence-corrected chi connectivity index (χ2v) is 20.9. The van der Waals surface area contributed by atoms with Crippen LogP contribution in [0.3, 0.4) is 0 Å². The third-order valence-electron chi connectivity index (χ3n) is 13.1. The minimum absolute atomic E-state index is 0.00333. The number of nitrogens with zero attached hydrogens (tertiary/aromatic N) is 8. The molecule has 5 N–H and O–H groups in total. The lowest BCUT2D eigenvalue weighted by atomic mass is 9.98. The van der Waals surface area contributed by atoms with Crippen LogP contribution in [0.1, 0.15) is 43.8 Å². The molecular formula is C52H49N11O10S2. The summed E-state index contributed by atoms with van der Waals surface area (Å²) in [5, 5.41) is 24.1. The molecular weight excluding hydrogens is 1000 g/mol. The van der Waals surface area contributed by atoms with Crippen LogP contribution in [0, 0.1) is 0 Å². The average molecular weight is 1050 g/mol. The van der Waals surface area contributed by atoms with Gasteiger partial charge < -0.3 is 39.5 Å². The molecule has 3 atom stereocenters. The summed E-state index contributed by atoms with van der Waals surface area (Å²) < 4.78 is 68.5. The number of hydrogen-bond donors (Lipinski definition) is 4. The number of amides is 3. The number of sulfonamides is 1. The van der Waals surface area contributed by atoms with Crippen molar-refractivity contribution in [3.63, 3.8) is 0 Å². The zero-order valence-electron chi connectivity index (χ0n) is 40.6. The normalized spacial score (nSPS) is 16.0. The highest BCUT2D eigenvalue weighted by Crippen LogP contribution is 2.43. The van der Waals surface area contributed by atoms with Crippen molar-refractivity contribution in [1.82, 2.24) is 49.0 Å². The number of likely N-dealkylation sites (tertiary alicyclic amines) is 1. The Hall–Kier alpha value is -8.35. The summed E-state index contributed by atoms with van der Waals surface area (Å²) in [6.07, 6.45) is -1.32. The molecule has 1 unspecified atom stereocenters. The van der Waals surface area contributed by atoms with Crippen LogP contribution in [-0.2, 0) is 41.0 Å². The number of aromatic amines is 1. The predicted octanol–water partition coefficient (Wildman–Crippen LogP) is 5.96. The Morgan fingerprint density at radius 2 is 1.37 bits per heavy atom. The zero-order chi connectivity index (χ0) is 52.5. The van der Waals surface area contributed by atoms with E-state index >= 15 is 13.0 Å². The van der Waals surface area contributed by atoms with Gasteiger partial charge in [0.2, 0.25) is 15.8 Å². The van der Waals surface area contributed by atoms with Crippen molar-refractivity contribution in [2.75, 3.05) is 40.2 Å². The minimum Gasteiger partial charge on any atom is -0.593 e. The highest BCUT2D eigenvalue weighted by Gasteiger charge is 2.45. The van der Waals surface area contributed by atoms with Crippen molar-refractivity contribution >= 4 is 56.3 Å². The molecule has 2 aromatic heterocycles. The van der Waals surface area contributed by atoms with E-state index in [0.29, 0.717) is 45.0 Å². The number of ether oxygens (including phenoxy) is 3. The van der Waals surface area contributed by atoms with Crippen LogP contribution >= 0.6 is 0 Å². The van der Waals surface area contributed by atoms with Gasteiger partial charge in [0.05, 0.1) is 79.0 Å².